The van der Waals surface area contributed by atoms with Crippen LogP contribution in [0, 0.1) is 5.92 Å². The molecule has 1 aromatic heterocycles. The summed E-state index contributed by atoms with van der Waals surface area (Å²) >= 11 is 0. The summed E-state index contributed by atoms with van der Waals surface area (Å²) in [5.74, 6) is 0.696. The van der Waals surface area contributed by atoms with Gasteiger partial charge in [0.2, 0.25) is 0 Å². The first-order chi connectivity index (χ1) is 9.25. The third kappa shape index (κ3) is 4.38. The van der Waals surface area contributed by atoms with E-state index in [2.05, 4.69) is 60.7 Å². The van der Waals surface area contributed by atoms with Gasteiger partial charge in [0.05, 0.1) is 5.69 Å². The average Bonchev–Trinajstić information content (AvgIpc) is 2.93. The highest BCUT2D eigenvalue weighted by molar-refractivity contribution is 5.51. The van der Waals surface area contributed by atoms with E-state index in [-0.39, 0.29) is 0 Å². The highest BCUT2D eigenvalue weighted by Crippen LogP contribution is 2.09. The van der Waals surface area contributed by atoms with Crippen molar-refractivity contribution in [2.45, 2.75) is 13.8 Å². The van der Waals surface area contributed by atoms with Gasteiger partial charge in [0.15, 0.2) is 0 Å². The van der Waals surface area contributed by atoms with Crippen LogP contribution in [0.5, 0.6) is 0 Å². The van der Waals surface area contributed by atoms with Gasteiger partial charge >= 0.3 is 0 Å². The molecule has 1 heterocycles. The lowest BCUT2D eigenvalue weighted by Crippen LogP contribution is -2.19. The summed E-state index contributed by atoms with van der Waals surface area (Å²) in [5, 5.41) is 7.60. The maximum atomic E-state index is 4.21. The molecule has 0 saturated heterocycles. The molecule has 0 spiro atoms. The molecule has 0 radical (unpaired) electrons. The van der Waals surface area contributed by atoms with Crippen LogP contribution in [0.3, 0.4) is 0 Å². The highest BCUT2D eigenvalue weighted by Gasteiger charge is 1.95. The number of aromatic nitrogens is 2. The number of hydrogen-bond acceptors (Lipinski definition) is 2. The van der Waals surface area contributed by atoms with Crippen molar-refractivity contribution in [2.24, 2.45) is 5.92 Å². The topological polar surface area (TPSA) is 29.9 Å². The zero-order valence-corrected chi connectivity index (χ0v) is 11.6. The van der Waals surface area contributed by atoms with Crippen molar-refractivity contribution in [3.05, 3.63) is 54.4 Å². The monoisotopic (exact) mass is 255 g/mol. The van der Waals surface area contributed by atoms with E-state index in [0.717, 1.165) is 18.8 Å². The predicted molar refractivity (Wildman–Crippen MR) is 80.3 cm³/mol. The maximum absolute atomic E-state index is 4.21. The number of rotatable bonds is 6. The van der Waals surface area contributed by atoms with Crippen molar-refractivity contribution >= 4 is 6.08 Å². The lowest BCUT2D eigenvalue weighted by molar-refractivity contribution is 0.577. The lowest BCUT2D eigenvalue weighted by atomic mass is 10.2. The third-order valence-corrected chi connectivity index (χ3v) is 2.79. The van der Waals surface area contributed by atoms with Gasteiger partial charge in [-0.25, -0.2) is 4.68 Å². The molecule has 0 amide bonds. The van der Waals surface area contributed by atoms with Crippen LogP contribution in [-0.2, 0) is 0 Å². The molecule has 0 aliphatic heterocycles. The Bertz CT molecular complexity index is 495. The minimum Gasteiger partial charge on any atom is -0.313 e. The second-order valence-electron chi connectivity index (χ2n) is 5.00. The molecule has 2 rings (SSSR count). The van der Waals surface area contributed by atoms with Crippen molar-refractivity contribution < 1.29 is 0 Å². The highest BCUT2D eigenvalue weighted by atomic mass is 15.3. The van der Waals surface area contributed by atoms with Gasteiger partial charge < -0.3 is 5.32 Å². The van der Waals surface area contributed by atoms with Gasteiger partial charge in [0.25, 0.3) is 0 Å². The largest absolute Gasteiger partial charge is 0.313 e. The van der Waals surface area contributed by atoms with Crippen LogP contribution in [-0.4, -0.2) is 22.9 Å². The first kappa shape index (κ1) is 13.6. The van der Waals surface area contributed by atoms with E-state index in [0.29, 0.717) is 5.92 Å². The summed E-state index contributed by atoms with van der Waals surface area (Å²) in [7, 11) is 0. The van der Waals surface area contributed by atoms with Crippen LogP contribution < -0.4 is 5.32 Å². The predicted octanol–water partition coefficient (Wildman–Crippen LogP) is 3.13. The summed E-state index contributed by atoms with van der Waals surface area (Å²) in [6.07, 6.45) is 8.03. The standard InChI is InChI=1S/C16H21N3/c1-14(2)13-17-10-3-5-15-6-8-16(9-7-15)19-12-4-11-18-19/h3-9,11-12,14,17H,10,13H2,1-2H3. The van der Waals surface area contributed by atoms with Gasteiger partial charge in [0.1, 0.15) is 0 Å². The maximum Gasteiger partial charge on any atom is 0.0645 e. The van der Waals surface area contributed by atoms with Crippen molar-refractivity contribution in [1.82, 2.24) is 15.1 Å². The van der Waals surface area contributed by atoms with Crippen LogP contribution in [0.2, 0.25) is 0 Å². The zero-order chi connectivity index (χ0) is 13.5. The van der Waals surface area contributed by atoms with Gasteiger partial charge in [-0.2, -0.15) is 5.10 Å². The molecule has 100 valence electrons. The molecular formula is C16H21N3. The Morgan fingerprint density at radius 2 is 2.05 bits per heavy atom. The fourth-order valence-corrected chi connectivity index (χ4v) is 1.81. The van der Waals surface area contributed by atoms with E-state index in [9.17, 15) is 0 Å². The molecule has 0 aliphatic carbocycles. The van der Waals surface area contributed by atoms with Crippen LogP contribution in [0.4, 0.5) is 0 Å². The van der Waals surface area contributed by atoms with Crippen LogP contribution in [0.25, 0.3) is 11.8 Å². The number of hydrogen-bond donors (Lipinski definition) is 1. The van der Waals surface area contributed by atoms with E-state index in [1.54, 1.807) is 6.20 Å². The summed E-state index contributed by atoms with van der Waals surface area (Å²) in [5.41, 5.74) is 2.29. The third-order valence-electron chi connectivity index (χ3n) is 2.79. The lowest BCUT2D eigenvalue weighted by Gasteiger charge is -2.04. The quantitative estimate of drug-likeness (QED) is 0.804. The first-order valence-corrected chi connectivity index (χ1v) is 6.73. The second kappa shape index (κ2) is 6.90. The normalized spacial score (nSPS) is 11.5. The molecule has 0 unspecified atom stereocenters. The minimum absolute atomic E-state index is 0.696. The Hall–Kier alpha value is -1.87. The molecule has 0 saturated carbocycles. The second-order valence-corrected chi connectivity index (χ2v) is 5.00. The number of nitrogens with one attached hydrogen (secondary N) is 1. The van der Waals surface area contributed by atoms with E-state index >= 15 is 0 Å². The molecule has 3 heteroatoms. The Kier molecular flexibility index (Phi) is 4.93. The first-order valence-electron chi connectivity index (χ1n) is 6.73. The Morgan fingerprint density at radius 1 is 1.26 bits per heavy atom. The fourth-order valence-electron chi connectivity index (χ4n) is 1.81. The molecule has 0 fully saturated rings. The van der Waals surface area contributed by atoms with Crippen molar-refractivity contribution in [1.29, 1.82) is 0 Å². The molecule has 19 heavy (non-hydrogen) atoms. The molecule has 1 aromatic carbocycles. The average molecular weight is 255 g/mol. The summed E-state index contributed by atoms with van der Waals surface area (Å²) in [6.45, 7) is 6.40. The van der Waals surface area contributed by atoms with Gasteiger partial charge in [-0.15, -0.1) is 0 Å². The van der Waals surface area contributed by atoms with Crippen LogP contribution >= 0.6 is 0 Å². The van der Waals surface area contributed by atoms with Gasteiger partial charge in [-0.3, -0.25) is 0 Å². The summed E-state index contributed by atoms with van der Waals surface area (Å²) in [6, 6.07) is 10.3. The van der Waals surface area contributed by atoms with Gasteiger partial charge in [-0.1, -0.05) is 38.1 Å². The van der Waals surface area contributed by atoms with Gasteiger partial charge in [-0.05, 0) is 36.2 Å². The molecule has 0 bridgehead atoms. The van der Waals surface area contributed by atoms with Crippen LogP contribution in [0.1, 0.15) is 19.4 Å². The molecule has 1 N–H and O–H groups in total. The number of nitrogens with zero attached hydrogens (tertiary/aromatic N) is 2. The van der Waals surface area contributed by atoms with Gasteiger partial charge in [0, 0.05) is 18.9 Å². The molecule has 0 atom stereocenters. The molecule has 2 aromatic rings. The Morgan fingerprint density at radius 3 is 2.68 bits per heavy atom. The van der Waals surface area contributed by atoms with Crippen molar-refractivity contribution in [3.8, 4) is 5.69 Å². The van der Waals surface area contributed by atoms with E-state index in [1.165, 1.54) is 5.56 Å². The van der Waals surface area contributed by atoms with Crippen molar-refractivity contribution in [3.63, 3.8) is 0 Å². The Labute approximate surface area is 115 Å². The smallest absolute Gasteiger partial charge is 0.0645 e. The number of benzene rings is 1. The minimum atomic E-state index is 0.696. The summed E-state index contributed by atoms with van der Waals surface area (Å²) in [4.78, 5) is 0. The fraction of sp³-hybridized carbons (Fsp3) is 0.312. The SMILES string of the molecule is CC(C)CNCC=Cc1ccc(-n2cccn2)cc1. The molecular weight excluding hydrogens is 234 g/mol. The zero-order valence-electron chi connectivity index (χ0n) is 11.6. The van der Waals surface area contributed by atoms with E-state index < -0.39 is 0 Å². The summed E-state index contributed by atoms with van der Waals surface area (Å²) < 4.78 is 1.86. The molecule has 3 nitrogen and oxygen atoms in total. The van der Waals surface area contributed by atoms with Crippen molar-refractivity contribution in [2.75, 3.05) is 13.1 Å². The van der Waals surface area contributed by atoms with E-state index in [4.69, 9.17) is 0 Å². The van der Waals surface area contributed by atoms with E-state index in [1.807, 2.05) is 16.9 Å². The molecule has 0 aliphatic rings. The van der Waals surface area contributed by atoms with Crippen LogP contribution in [0.15, 0.2) is 48.8 Å². The Balaban J connectivity index is 1.87.